The molecule has 3 nitrogen and oxygen atoms in total. The van der Waals surface area contributed by atoms with E-state index in [0.29, 0.717) is 5.56 Å². The molecule has 7 rings (SSSR count). The summed E-state index contributed by atoms with van der Waals surface area (Å²) in [5.74, 6) is -71.8. The standard InChI is InChI=1S/C24BF20.C17H14N2O/c26-5-1(6(27)14(35)21(42)13(5)34)25(2-7(28)15(36)22(43)16(37)8(2)29,3-9(30)17(38)23(44)18(39)10(3)31)4-11(32)19(40)24(45)20(41)12(4)33;18-17(20)15-9-8-14-7-4-10-19(16(14)11-15)12-13-5-2-1-3-6-13/h;1-11H,12H2,(H-,18,20)/q-1;/p+1. The van der Waals surface area contributed by atoms with Crippen molar-refractivity contribution in [1.82, 2.24) is 0 Å². The van der Waals surface area contributed by atoms with Gasteiger partial charge in [0.1, 0.15) is 52.7 Å². The van der Waals surface area contributed by atoms with Crippen molar-refractivity contribution in [2.24, 2.45) is 5.73 Å². The first kappa shape index (κ1) is 47.3. The van der Waals surface area contributed by atoms with Crippen LogP contribution in [0.25, 0.3) is 10.9 Å². The first-order chi connectivity index (χ1) is 30.4. The molecule has 0 atom stereocenters. The van der Waals surface area contributed by atoms with Crippen LogP contribution < -0.4 is 32.2 Å². The fourth-order valence-electron chi connectivity index (χ4n) is 7.21. The van der Waals surface area contributed by atoms with Gasteiger partial charge in [0.25, 0.3) is 0 Å². The number of pyridine rings is 1. The number of benzene rings is 6. The van der Waals surface area contributed by atoms with E-state index in [0.717, 1.165) is 17.4 Å². The minimum Gasteiger partial charge on any atom is -0.366 e. The number of amides is 1. The zero-order valence-corrected chi connectivity index (χ0v) is 31.1. The highest BCUT2D eigenvalue weighted by Gasteiger charge is 2.52. The molecule has 0 saturated carbocycles. The molecule has 2 N–H and O–H groups in total. The smallest absolute Gasteiger partial charge is 0.248 e. The zero-order chi connectivity index (χ0) is 48.3. The van der Waals surface area contributed by atoms with Gasteiger partial charge in [-0.15, -0.1) is 21.9 Å². The van der Waals surface area contributed by atoms with E-state index in [4.69, 9.17) is 5.73 Å². The van der Waals surface area contributed by atoms with Gasteiger partial charge in [-0.3, -0.25) is 4.79 Å². The molecule has 65 heavy (non-hydrogen) atoms. The lowest BCUT2D eigenvalue weighted by molar-refractivity contribution is -0.662. The van der Waals surface area contributed by atoms with Crippen LogP contribution in [0.1, 0.15) is 15.9 Å². The summed E-state index contributed by atoms with van der Waals surface area (Å²) in [6.07, 6.45) is -5.20. The number of halogens is 20. The number of nitrogens with zero attached hydrogens (tertiary/aromatic N) is 1. The molecule has 0 unspecified atom stereocenters. The van der Waals surface area contributed by atoms with E-state index in [-0.39, 0.29) is 0 Å². The van der Waals surface area contributed by atoms with Gasteiger partial charge in [-0.05, 0) is 18.2 Å². The van der Waals surface area contributed by atoms with E-state index in [1.54, 1.807) is 6.07 Å². The van der Waals surface area contributed by atoms with Gasteiger partial charge in [-0.2, -0.15) is 4.57 Å². The van der Waals surface area contributed by atoms with Gasteiger partial charge >= 0.3 is 0 Å². The summed E-state index contributed by atoms with van der Waals surface area (Å²) in [6, 6.07) is 19.8. The quantitative estimate of drug-likeness (QED) is 0.0568. The number of aromatic nitrogens is 1. The molecule has 338 valence electrons. The average Bonchev–Trinajstić information content (AvgIpc) is 3.29. The Balaban J connectivity index is 0.000000289. The zero-order valence-electron chi connectivity index (χ0n) is 31.1. The van der Waals surface area contributed by atoms with Crippen LogP contribution in [0.15, 0.2) is 66.9 Å². The van der Waals surface area contributed by atoms with E-state index < -0.39 is 150 Å². The molecular formula is C41H15BF20N2O. The van der Waals surface area contributed by atoms with Crippen molar-refractivity contribution < 1.29 is 97.2 Å². The molecule has 1 amide bonds. The van der Waals surface area contributed by atoms with Gasteiger partial charge in [-0.1, -0.05) is 30.3 Å². The molecule has 6 aromatic carbocycles. The van der Waals surface area contributed by atoms with Crippen LogP contribution in [0.2, 0.25) is 0 Å². The third-order valence-corrected chi connectivity index (χ3v) is 10.1. The van der Waals surface area contributed by atoms with Crippen LogP contribution in [0, 0.1) is 116 Å². The Labute approximate surface area is 348 Å². The molecule has 0 bridgehead atoms. The second-order valence-corrected chi connectivity index (χ2v) is 13.6. The summed E-state index contributed by atoms with van der Waals surface area (Å²) in [6.45, 7) is 0.764. The summed E-state index contributed by atoms with van der Waals surface area (Å²) in [7, 11) is 0. The topological polar surface area (TPSA) is 47.0 Å². The van der Waals surface area contributed by atoms with Crippen molar-refractivity contribution in [1.29, 1.82) is 0 Å². The van der Waals surface area contributed by atoms with Crippen LogP contribution in [-0.4, -0.2) is 12.1 Å². The third kappa shape index (κ3) is 7.42. The van der Waals surface area contributed by atoms with Crippen molar-refractivity contribution in [2.45, 2.75) is 6.54 Å². The number of rotatable bonds is 7. The largest absolute Gasteiger partial charge is 0.366 e. The summed E-state index contributed by atoms with van der Waals surface area (Å²) in [5.41, 5.74) is -6.21. The number of hydrogen-bond acceptors (Lipinski definition) is 1. The predicted molar refractivity (Wildman–Crippen MR) is 187 cm³/mol. The van der Waals surface area contributed by atoms with Crippen molar-refractivity contribution in [3.63, 3.8) is 0 Å². The van der Waals surface area contributed by atoms with E-state index in [1.165, 1.54) is 5.56 Å². The second-order valence-electron chi connectivity index (χ2n) is 13.6. The number of hydrogen-bond donors (Lipinski definition) is 1. The first-order valence-electron chi connectivity index (χ1n) is 17.4. The fraction of sp³-hybridized carbons (Fsp3) is 0.0244. The molecule has 24 heteroatoms. The lowest BCUT2D eigenvalue weighted by atomic mass is 9.12. The summed E-state index contributed by atoms with van der Waals surface area (Å²) < 4.78 is 296. The van der Waals surface area contributed by atoms with Gasteiger partial charge in [0.15, 0.2) is 82.5 Å². The van der Waals surface area contributed by atoms with Crippen molar-refractivity contribution in [2.75, 3.05) is 0 Å². The molecule has 0 aliphatic carbocycles. The molecule has 7 aromatic rings. The van der Waals surface area contributed by atoms with Gasteiger partial charge in [0, 0.05) is 28.6 Å². The Morgan fingerprint density at radius 3 is 1.02 bits per heavy atom. The Morgan fingerprint density at radius 2 is 0.708 bits per heavy atom. The molecular weight excluding hydrogens is 927 g/mol. The van der Waals surface area contributed by atoms with Crippen molar-refractivity contribution >= 4 is 44.8 Å². The molecule has 1 aromatic heterocycles. The van der Waals surface area contributed by atoms with Crippen LogP contribution in [0.5, 0.6) is 0 Å². The monoisotopic (exact) mass is 942 g/mol. The fourth-order valence-corrected chi connectivity index (χ4v) is 7.21. The number of fused-ring (bicyclic) bond motifs is 1. The van der Waals surface area contributed by atoms with Gasteiger partial charge in [0.2, 0.25) is 11.4 Å². The number of carbonyl (C=O) groups is 1. The van der Waals surface area contributed by atoms with Crippen LogP contribution >= 0.6 is 0 Å². The van der Waals surface area contributed by atoms with E-state index in [9.17, 15) is 57.5 Å². The number of primary amides is 1. The molecule has 0 saturated heterocycles. The summed E-state index contributed by atoms with van der Waals surface area (Å²) in [5, 5.41) is 1.09. The van der Waals surface area contributed by atoms with Gasteiger partial charge < -0.3 is 5.73 Å². The van der Waals surface area contributed by atoms with Crippen LogP contribution in [0.3, 0.4) is 0 Å². The average molecular weight is 942 g/mol. The maximum absolute atomic E-state index is 15.4. The SMILES string of the molecule is Fc1c(F)c(F)c([B-](c2c(F)c(F)c(F)c(F)c2F)(c2c(F)c(F)c(F)c(F)c2F)c2c(F)c(F)c(F)c(F)c2F)c(F)c1F.NC(=O)c1ccc2ccc[n+](Cc3ccccc3)c2c1. The predicted octanol–water partition coefficient (Wildman–Crippen LogP) is 8.12. The molecule has 0 radical (unpaired) electrons. The number of nitrogens with two attached hydrogens (primary N) is 1. The molecule has 0 aliphatic rings. The van der Waals surface area contributed by atoms with E-state index in [2.05, 4.69) is 16.7 Å². The Morgan fingerprint density at radius 1 is 0.400 bits per heavy atom. The molecule has 0 aliphatic heterocycles. The van der Waals surface area contributed by atoms with Crippen LogP contribution in [-0.2, 0) is 6.54 Å². The minimum atomic E-state index is -7.22. The molecule has 0 spiro atoms. The highest BCUT2D eigenvalue weighted by Crippen LogP contribution is 2.31. The lowest BCUT2D eigenvalue weighted by Crippen LogP contribution is -2.81. The maximum Gasteiger partial charge on any atom is 0.248 e. The maximum atomic E-state index is 15.4. The van der Waals surface area contributed by atoms with Crippen molar-refractivity contribution in [3.05, 3.63) is 194 Å². The summed E-state index contributed by atoms with van der Waals surface area (Å²) >= 11 is 0. The Kier molecular flexibility index (Phi) is 12.7. The summed E-state index contributed by atoms with van der Waals surface area (Å²) in [4.78, 5) is 11.3. The van der Waals surface area contributed by atoms with Crippen molar-refractivity contribution in [3.8, 4) is 0 Å². The minimum absolute atomic E-state index is 0.401. The van der Waals surface area contributed by atoms with E-state index >= 15 is 35.1 Å². The normalized spacial score (nSPS) is 11.6. The Bertz CT molecular complexity index is 2730. The number of carbonyl (C=O) groups excluding carboxylic acids is 1. The first-order valence-corrected chi connectivity index (χ1v) is 17.4. The molecule has 0 fully saturated rings. The Hall–Kier alpha value is -7.14. The van der Waals surface area contributed by atoms with Crippen LogP contribution in [0.4, 0.5) is 87.8 Å². The third-order valence-electron chi connectivity index (χ3n) is 10.1. The highest BCUT2D eigenvalue weighted by atomic mass is 19.2. The molecule has 1 heterocycles. The van der Waals surface area contributed by atoms with E-state index in [1.807, 2.05) is 48.7 Å². The lowest BCUT2D eigenvalue weighted by Gasteiger charge is -2.44. The second kappa shape index (κ2) is 17.4. The van der Waals surface area contributed by atoms with Gasteiger partial charge in [-0.25, -0.2) is 87.8 Å². The highest BCUT2D eigenvalue weighted by molar-refractivity contribution is 7.20. The van der Waals surface area contributed by atoms with Gasteiger partial charge in [0.05, 0.1) is 0 Å².